The Morgan fingerprint density at radius 2 is 2.20 bits per heavy atom. The molecule has 1 saturated heterocycles. The molecule has 0 aliphatic carbocycles. The van der Waals surface area contributed by atoms with Crippen LogP contribution in [-0.2, 0) is 20.0 Å². The van der Waals surface area contributed by atoms with Gasteiger partial charge in [0.2, 0.25) is 0 Å². The van der Waals surface area contributed by atoms with E-state index in [1.165, 1.54) is 6.42 Å². The number of aromatic nitrogens is 4. The highest BCUT2D eigenvalue weighted by atomic mass is 16.2. The summed E-state index contributed by atoms with van der Waals surface area (Å²) in [5.41, 5.74) is 1.72. The molecule has 1 fully saturated rings. The van der Waals surface area contributed by atoms with E-state index in [0.29, 0.717) is 17.7 Å². The first-order valence-electron chi connectivity index (χ1n) is 9.34. The average Bonchev–Trinajstić information content (AvgIpc) is 3.21. The molecule has 0 radical (unpaired) electrons. The summed E-state index contributed by atoms with van der Waals surface area (Å²) in [7, 11) is 1.88. The monoisotopic (exact) mass is 343 g/mol. The minimum atomic E-state index is 0.125. The van der Waals surface area contributed by atoms with E-state index in [0.717, 1.165) is 44.5 Å². The van der Waals surface area contributed by atoms with Gasteiger partial charge < -0.3 is 9.47 Å². The molecule has 1 unspecified atom stereocenters. The lowest BCUT2D eigenvalue weighted by molar-refractivity contribution is 0.0584. The number of hydrogen-bond acceptors (Lipinski definition) is 3. The van der Waals surface area contributed by atoms with Crippen LogP contribution in [0.15, 0.2) is 24.8 Å². The largest absolute Gasteiger partial charge is 0.337 e. The number of rotatable bonds is 6. The summed E-state index contributed by atoms with van der Waals surface area (Å²) >= 11 is 0. The highest BCUT2D eigenvalue weighted by Crippen LogP contribution is 2.23. The Bertz CT molecular complexity index is 689. The van der Waals surface area contributed by atoms with Crippen LogP contribution in [0.1, 0.15) is 55.7 Å². The molecule has 6 heteroatoms. The lowest BCUT2D eigenvalue weighted by Gasteiger charge is -2.36. The fourth-order valence-electron chi connectivity index (χ4n) is 3.68. The highest BCUT2D eigenvalue weighted by molar-refractivity contribution is 5.93. The predicted molar refractivity (Wildman–Crippen MR) is 97.3 cm³/mol. The molecule has 3 heterocycles. The van der Waals surface area contributed by atoms with E-state index in [1.54, 1.807) is 10.9 Å². The van der Waals surface area contributed by atoms with Gasteiger partial charge in [0, 0.05) is 38.6 Å². The summed E-state index contributed by atoms with van der Waals surface area (Å²) in [6, 6.07) is 2.27. The number of imidazole rings is 1. The van der Waals surface area contributed by atoms with Gasteiger partial charge in [-0.1, -0.05) is 13.8 Å². The molecule has 0 spiro atoms. The molecule has 1 aliphatic rings. The Hall–Kier alpha value is -2.11. The molecule has 25 heavy (non-hydrogen) atoms. The Labute approximate surface area is 149 Å². The molecule has 136 valence electrons. The Morgan fingerprint density at radius 3 is 2.92 bits per heavy atom. The quantitative estimate of drug-likeness (QED) is 0.810. The topological polar surface area (TPSA) is 56.0 Å². The van der Waals surface area contributed by atoms with Gasteiger partial charge in [0.25, 0.3) is 5.91 Å². The van der Waals surface area contributed by atoms with Gasteiger partial charge in [0.15, 0.2) is 0 Å². The molecule has 3 rings (SSSR count). The first-order valence-corrected chi connectivity index (χ1v) is 9.34. The smallest absolute Gasteiger partial charge is 0.272 e. The lowest BCUT2D eigenvalue weighted by Crippen LogP contribution is -2.44. The lowest BCUT2D eigenvalue weighted by atomic mass is 9.98. The van der Waals surface area contributed by atoms with Crippen LogP contribution < -0.4 is 0 Å². The van der Waals surface area contributed by atoms with Gasteiger partial charge in [-0.25, -0.2) is 4.98 Å². The van der Waals surface area contributed by atoms with Crippen molar-refractivity contribution in [3.05, 3.63) is 36.2 Å². The summed E-state index contributed by atoms with van der Waals surface area (Å²) in [6.45, 7) is 6.09. The molecule has 1 amide bonds. The van der Waals surface area contributed by atoms with Crippen molar-refractivity contribution in [3.8, 4) is 0 Å². The predicted octanol–water partition coefficient (Wildman–Crippen LogP) is 2.90. The van der Waals surface area contributed by atoms with Crippen molar-refractivity contribution in [2.45, 2.75) is 58.5 Å². The average molecular weight is 343 g/mol. The number of carbonyl (C=O) groups is 1. The van der Waals surface area contributed by atoms with Gasteiger partial charge in [0.05, 0.1) is 12.0 Å². The van der Waals surface area contributed by atoms with Crippen LogP contribution in [0.3, 0.4) is 0 Å². The van der Waals surface area contributed by atoms with Gasteiger partial charge in [-0.2, -0.15) is 5.10 Å². The van der Waals surface area contributed by atoms with Gasteiger partial charge in [-0.05, 0) is 44.1 Å². The highest BCUT2D eigenvalue weighted by Gasteiger charge is 2.29. The number of carbonyl (C=O) groups excluding carboxylic acids is 1. The molecule has 1 atom stereocenters. The summed E-state index contributed by atoms with van der Waals surface area (Å²) in [5, 5.41) is 4.54. The Morgan fingerprint density at radius 1 is 1.36 bits per heavy atom. The van der Waals surface area contributed by atoms with E-state index in [4.69, 9.17) is 0 Å². The number of nitrogens with zero attached hydrogens (tertiary/aromatic N) is 5. The number of likely N-dealkylation sites (tertiary alicyclic amines) is 1. The van der Waals surface area contributed by atoms with E-state index in [2.05, 4.69) is 33.4 Å². The maximum atomic E-state index is 13.1. The van der Waals surface area contributed by atoms with Crippen molar-refractivity contribution < 1.29 is 4.79 Å². The minimum Gasteiger partial charge on any atom is -0.337 e. The summed E-state index contributed by atoms with van der Waals surface area (Å²) in [6.07, 6.45) is 10.9. The minimum absolute atomic E-state index is 0.125. The molecule has 0 N–H and O–H groups in total. The van der Waals surface area contributed by atoms with Crippen LogP contribution in [0.5, 0.6) is 0 Å². The number of aryl methyl sites for hydroxylation is 2. The second kappa shape index (κ2) is 7.85. The molecule has 2 aromatic heterocycles. The molecule has 6 nitrogen and oxygen atoms in total. The molecule has 2 aromatic rings. The van der Waals surface area contributed by atoms with Crippen LogP contribution in [-0.4, -0.2) is 42.7 Å². The van der Waals surface area contributed by atoms with Crippen LogP contribution in [0.25, 0.3) is 0 Å². The number of amides is 1. The van der Waals surface area contributed by atoms with Crippen LogP contribution in [0, 0.1) is 5.92 Å². The second-order valence-electron chi connectivity index (χ2n) is 7.48. The third-order valence-corrected chi connectivity index (χ3v) is 4.93. The fraction of sp³-hybridized carbons (Fsp3) is 0.632. The van der Waals surface area contributed by atoms with Crippen molar-refractivity contribution in [2.75, 3.05) is 6.54 Å². The van der Waals surface area contributed by atoms with Crippen molar-refractivity contribution in [1.29, 1.82) is 0 Å². The number of hydrogen-bond donors (Lipinski definition) is 0. The zero-order chi connectivity index (χ0) is 17.8. The van der Waals surface area contributed by atoms with Crippen LogP contribution in [0.2, 0.25) is 0 Å². The van der Waals surface area contributed by atoms with E-state index in [9.17, 15) is 4.79 Å². The molecular weight excluding hydrogens is 314 g/mol. The molecule has 1 aliphatic heterocycles. The summed E-state index contributed by atoms with van der Waals surface area (Å²) in [5.74, 6) is 0.663. The maximum Gasteiger partial charge on any atom is 0.272 e. The molecule has 0 bridgehead atoms. The van der Waals surface area contributed by atoms with Crippen molar-refractivity contribution in [2.24, 2.45) is 13.0 Å². The second-order valence-corrected chi connectivity index (χ2v) is 7.48. The summed E-state index contributed by atoms with van der Waals surface area (Å²) < 4.78 is 3.84. The van der Waals surface area contributed by atoms with Crippen molar-refractivity contribution in [1.82, 2.24) is 24.2 Å². The summed E-state index contributed by atoms with van der Waals surface area (Å²) in [4.78, 5) is 19.3. The number of piperidine rings is 1. The SMILES string of the molecule is CC(C)Cc1cc(C(=O)N2CCCCC2CCn2ccnc2)n(C)n1. The standard InChI is InChI=1S/C19H29N5O/c1-15(2)12-16-13-18(22(3)21-16)19(25)24-9-5-4-6-17(24)7-10-23-11-8-20-14-23/h8,11,13-15,17H,4-7,9-10,12H2,1-3H3. The first kappa shape index (κ1) is 17.7. The fourth-order valence-corrected chi connectivity index (χ4v) is 3.68. The Balaban J connectivity index is 1.70. The maximum absolute atomic E-state index is 13.1. The third-order valence-electron chi connectivity index (χ3n) is 4.93. The molecular formula is C19H29N5O. The molecule has 0 aromatic carbocycles. The van der Waals surface area contributed by atoms with E-state index in [1.807, 2.05) is 25.6 Å². The van der Waals surface area contributed by atoms with E-state index < -0.39 is 0 Å². The van der Waals surface area contributed by atoms with Gasteiger partial charge >= 0.3 is 0 Å². The molecule has 0 saturated carbocycles. The van der Waals surface area contributed by atoms with Crippen LogP contribution >= 0.6 is 0 Å². The zero-order valence-electron chi connectivity index (χ0n) is 15.6. The van der Waals surface area contributed by atoms with E-state index in [-0.39, 0.29) is 5.91 Å². The Kier molecular flexibility index (Phi) is 5.56. The van der Waals surface area contributed by atoms with Crippen molar-refractivity contribution >= 4 is 5.91 Å². The van der Waals surface area contributed by atoms with Gasteiger partial charge in [-0.15, -0.1) is 0 Å². The van der Waals surface area contributed by atoms with E-state index >= 15 is 0 Å². The normalized spacial score (nSPS) is 18.1. The van der Waals surface area contributed by atoms with Gasteiger partial charge in [-0.3, -0.25) is 9.48 Å². The third kappa shape index (κ3) is 4.30. The van der Waals surface area contributed by atoms with Crippen molar-refractivity contribution in [3.63, 3.8) is 0 Å². The first-order chi connectivity index (χ1) is 12.0. The zero-order valence-corrected chi connectivity index (χ0v) is 15.6. The van der Waals surface area contributed by atoms with Crippen LogP contribution in [0.4, 0.5) is 0 Å². The van der Waals surface area contributed by atoms with Gasteiger partial charge in [0.1, 0.15) is 5.69 Å².